The van der Waals surface area contributed by atoms with Crippen molar-refractivity contribution in [3.8, 4) is 11.3 Å². The summed E-state index contributed by atoms with van der Waals surface area (Å²) in [5.41, 5.74) is 5.27. The molecule has 2 aromatic carbocycles. The van der Waals surface area contributed by atoms with Crippen LogP contribution in [0.5, 0.6) is 0 Å². The molecule has 0 saturated carbocycles. The number of nitrogens with zero attached hydrogens (tertiary/aromatic N) is 1. The molecule has 0 radical (unpaired) electrons. The number of aryl methyl sites for hydroxylation is 1. The van der Waals surface area contributed by atoms with Gasteiger partial charge in [-0.1, -0.05) is 35.7 Å². The summed E-state index contributed by atoms with van der Waals surface area (Å²) in [5.74, 6) is 0. The van der Waals surface area contributed by atoms with Crippen LogP contribution >= 0.6 is 34.9 Å². The summed E-state index contributed by atoms with van der Waals surface area (Å²) >= 11 is 5.36. The number of rotatable bonds is 5. The highest BCUT2D eigenvalue weighted by Crippen LogP contribution is 2.52. The van der Waals surface area contributed by atoms with E-state index in [9.17, 15) is 4.79 Å². The number of aromatic nitrogens is 1. The Kier molecular flexibility index (Phi) is 6.37. The number of hydrogen-bond acceptors (Lipinski definition) is 7. The fourth-order valence-corrected chi connectivity index (χ4v) is 7.63. The maximum Gasteiger partial charge on any atom is 0.250 e. The molecule has 2 aliphatic heterocycles. The van der Waals surface area contributed by atoms with E-state index in [1.807, 2.05) is 0 Å². The standard InChI is InChI=1S/C27H25N3O2S3/c1-17-7-12-33-25(17)16-28-18-5-6-22-24(13-18)34-23-4-2-3-20(27(23)35-22)21-14-19(15-26(31)29-21)30-8-10-32-11-9-30/h2-7,12-15,28H,8-11,16H2,1H3,(H,29,31). The minimum atomic E-state index is -0.0767. The van der Waals surface area contributed by atoms with Crippen molar-refractivity contribution in [3.05, 3.63) is 80.8 Å². The molecule has 8 heteroatoms. The molecule has 6 rings (SSSR count). The van der Waals surface area contributed by atoms with Crippen molar-refractivity contribution in [1.29, 1.82) is 0 Å². The molecule has 5 nitrogen and oxygen atoms in total. The van der Waals surface area contributed by atoms with Gasteiger partial charge in [0.2, 0.25) is 5.56 Å². The summed E-state index contributed by atoms with van der Waals surface area (Å²) in [6.07, 6.45) is 0. The van der Waals surface area contributed by atoms with Gasteiger partial charge in [-0.05, 0) is 54.3 Å². The van der Waals surface area contributed by atoms with Crippen LogP contribution in [0.1, 0.15) is 10.4 Å². The molecule has 4 aromatic rings. The fourth-order valence-electron chi connectivity index (χ4n) is 4.37. The molecule has 0 atom stereocenters. The fraction of sp³-hybridized carbons (Fsp3) is 0.222. The maximum absolute atomic E-state index is 12.6. The molecular weight excluding hydrogens is 495 g/mol. The van der Waals surface area contributed by atoms with Crippen molar-refractivity contribution in [2.75, 3.05) is 36.5 Å². The molecule has 4 heterocycles. The number of pyridine rings is 1. The van der Waals surface area contributed by atoms with Crippen molar-refractivity contribution >= 4 is 46.2 Å². The Morgan fingerprint density at radius 2 is 1.89 bits per heavy atom. The number of aromatic amines is 1. The lowest BCUT2D eigenvalue weighted by molar-refractivity contribution is 0.122. The van der Waals surface area contributed by atoms with E-state index >= 15 is 0 Å². The number of fused-ring (bicyclic) bond motifs is 2. The van der Waals surface area contributed by atoms with E-state index < -0.39 is 0 Å². The monoisotopic (exact) mass is 519 g/mol. The first-order valence-corrected chi connectivity index (χ1v) is 14.1. The summed E-state index contributed by atoms with van der Waals surface area (Å²) in [5, 5.41) is 5.72. The lowest BCUT2D eigenvalue weighted by Crippen LogP contribution is -2.36. The average Bonchev–Trinajstić information content (AvgIpc) is 3.30. The number of thiophene rings is 1. The van der Waals surface area contributed by atoms with E-state index in [2.05, 4.69) is 76.0 Å². The van der Waals surface area contributed by atoms with Gasteiger partial charge >= 0.3 is 0 Å². The number of morpholine rings is 1. The molecule has 0 aliphatic carbocycles. The highest BCUT2D eigenvalue weighted by Gasteiger charge is 2.22. The normalized spacial score (nSPS) is 14.9. The number of anilines is 2. The summed E-state index contributed by atoms with van der Waals surface area (Å²) in [6, 6.07) is 18.9. The minimum absolute atomic E-state index is 0.0767. The number of benzene rings is 2. The molecule has 1 saturated heterocycles. The quantitative estimate of drug-likeness (QED) is 0.277. The molecular formula is C27H25N3O2S3. The molecule has 178 valence electrons. The van der Waals surface area contributed by atoms with E-state index in [0.29, 0.717) is 13.2 Å². The summed E-state index contributed by atoms with van der Waals surface area (Å²) in [7, 11) is 0. The van der Waals surface area contributed by atoms with Crippen molar-refractivity contribution in [2.24, 2.45) is 0 Å². The summed E-state index contributed by atoms with van der Waals surface area (Å²) < 4.78 is 5.48. The smallest absolute Gasteiger partial charge is 0.250 e. The third kappa shape index (κ3) is 4.76. The number of hydrogen-bond donors (Lipinski definition) is 2. The van der Waals surface area contributed by atoms with Crippen LogP contribution in [0.15, 0.2) is 84.4 Å². The Hall–Kier alpha value is -2.65. The van der Waals surface area contributed by atoms with Crippen LogP contribution in [0.25, 0.3) is 11.3 Å². The summed E-state index contributed by atoms with van der Waals surface area (Å²) in [6.45, 7) is 5.98. The first-order valence-electron chi connectivity index (χ1n) is 11.6. The van der Waals surface area contributed by atoms with Crippen LogP contribution in [0.3, 0.4) is 0 Å². The largest absolute Gasteiger partial charge is 0.380 e. The predicted molar refractivity (Wildman–Crippen MR) is 147 cm³/mol. The van der Waals surface area contributed by atoms with Gasteiger partial charge in [0.25, 0.3) is 0 Å². The first kappa shape index (κ1) is 22.8. The third-order valence-electron chi connectivity index (χ3n) is 6.27. The Balaban J connectivity index is 1.28. The second-order valence-corrected chi connectivity index (χ2v) is 11.7. The lowest BCUT2D eigenvalue weighted by Gasteiger charge is -2.29. The van der Waals surface area contributed by atoms with Gasteiger partial charge in [0.15, 0.2) is 0 Å². The first-order chi connectivity index (χ1) is 17.1. The Labute approximate surface area is 216 Å². The number of H-pyrrole nitrogens is 1. The van der Waals surface area contributed by atoms with Crippen LogP contribution in [0.2, 0.25) is 0 Å². The Morgan fingerprint density at radius 1 is 1.00 bits per heavy atom. The second-order valence-electron chi connectivity index (χ2n) is 8.59. The molecule has 0 bridgehead atoms. The van der Waals surface area contributed by atoms with E-state index in [0.717, 1.165) is 42.3 Å². The van der Waals surface area contributed by atoms with E-state index in [1.165, 1.54) is 30.0 Å². The average molecular weight is 520 g/mol. The van der Waals surface area contributed by atoms with Crippen LogP contribution in [-0.2, 0) is 11.3 Å². The van der Waals surface area contributed by atoms with Gasteiger partial charge < -0.3 is 19.9 Å². The van der Waals surface area contributed by atoms with Crippen molar-refractivity contribution in [1.82, 2.24) is 4.98 Å². The Bertz CT molecular complexity index is 1440. The van der Waals surface area contributed by atoms with Crippen LogP contribution in [-0.4, -0.2) is 31.3 Å². The predicted octanol–water partition coefficient (Wildman–Crippen LogP) is 6.48. The molecule has 35 heavy (non-hydrogen) atoms. The van der Waals surface area contributed by atoms with Gasteiger partial charge in [-0.3, -0.25) is 4.79 Å². The topological polar surface area (TPSA) is 57.4 Å². The Morgan fingerprint density at radius 3 is 2.71 bits per heavy atom. The molecule has 0 spiro atoms. The zero-order valence-corrected chi connectivity index (χ0v) is 21.7. The van der Waals surface area contributed by atoms with Gasteiger partial charge in [-0.2, -0.15) is 0 Å². The van der Waals surface area contributed by atoms with E-state index in [1.54, 1.807) is 40.9 Å². The van der Waals surface area contributed by atoms with Crippen molar-refractivity contribution in [3.63, 3.8) is 0 Å². The molecule has 0 unspecified atom stereocenters. The van der Waals surface area contributed by atoms with Crippen LogP contribution < -0.4 is 15.8 Å². The molecule has 2 aromatic heterocycles. The van der Waals surface area contributed by atoms with Crippen molar-refractivity contribution in [2.45, 2.75) is 33.1 Å². The van der Waals surface area contributed by atoms with Gasteiger partial charge in [0.1, 0.15) is 0 Å². The molecule has 0 amide bonds. The molecule has 1 fully saturated rings. The van der Waals surface area contributed by atoms with E-state index in [-0.39, 0.29) is 5.56 Å². The highest BCUT2D eigenvalue weighted by atomic mass is 32.2. The summed E-state index contributed by atoms with van der Waals surface area (Å²) in [4.78, 5) is 24.1. The highest BCUT2D eigenvalue weighted by molar-refractivity contribution is 8.05. The third-order valence-corrected chi connectivity index (χ3v) is 9.89. The molecule has 2 N–H and O–H groups in total. The minimum Gasteiger partial charge on any atom is -0.380 e. The van der Waals surface area contributed by atoms with Gasteiger partial charge in [0.05, 0.1) is 18.9 Å². The van der Waals surface area contributed by atoms with E-state index in [4.69, 9.17) is 4.74 Å². The zero-order chi connectivity index (χ0) is 23.8. The van der Waals surface area contributed by atoms with Crippen LogP contribution in [0, 0.1) is 6.92 Å². The zero-order valence-electron chi connectivity index (χ0n) is 19.3. The number of nitrogens with one attached hydrogen (secondary N) is 2. The van der Waals surface area contributed by atoms with Crippen LogP contribution in [0.4, 0.5) is 11.4 Å². The SMILES string of the molecule is Cc1ccsc1CNc1ccc2c(c1)Sc1cccc(-c3cc(N4CCOCC4)cc(=O)[nH]3)c1S2. The van der Waals surface area contributed by atoms with Gasteiger partial charge in [-0.25, -0.2) is 0 Å². The maximum atomic E-state index is 12.6. The van der Waals surface area contributed by atoms with Gasteiger partial charge in [0, 0.05) is 67.1 Å². The van der Waals surface area contributed by atoms with Gasteiger partial charge in [-0.15, -0.1) is 11.3 Å². The second kappa shape index (κ2) is 9.78. The lowest BCUT2D eigenvalue weighted by atomic mass is 10.1. The molecule has 2 aliphatic rings. The number of ether oxygens (including phenoxy) is 1. The van der Waals surface area contributed by atoms with Crippen molar-refractivity contribution < 1.29 is 4.74 Å².